The molecule has 1 unspecified atom stereocenters. The number of hydrogen-bond donors (Lipinski definition) is 1. The normalized spacial score (nSPS) is 11.3. The molecule has 0 spiro atoms. The van der Waals surface area contributed by atoms with E-state index in [0.29, 0.717) is 200 Å². The van der Waals surface area contributed by atoms with Crippen molar-refractivity contribution in [1.29, 1.82) is 0 Å². The van der Waals surface area contributed by atoms with Gasteiger partial charge in [-0.2, -0.15) is 0 Å². The van der Waals surface area contributed by atoms with Gasteiger partial charge >= 0.3 is 59.7 Å². The molecule has 0 aliphatic rings. The monoisotopic (exact) mass is 1250 g/mol. The summed E-state index contributed by atoms with van der Waals surface area (Å²) in [5, 5.41) is 8.62. The van der Waals surface area contributed by atoms with Crippen LogP contribution >= 0.6 is 0 Å². The lowest BCUT2D eigenvalue weighted by molar-refractivity contribution is -0.146. The fourth-order valence-electron chi connectivity index (χ4n) is 9.37. The summed E-state index contributed by atoms with van der Waals surface area (Å²) in [5.41, 5.74) is 0. The van der Waals surface area contributed by atoms with Crippen molar-refractivity contribution in [3.8, 4) is 0 Å². The van der Waals surface area contributed by atoms with Gasteiger partial charge in [0.1, 0.15) is 0 Å². The van der Waals surface area contributed by atoms with Gasteiger partial charge in [0, 0.05) is 64.2 Å². The lowest BCUT2D eigenvalue weighted by atomic mass is 9.93. The molecule has 0 fully saturated rings. The summed E-state index contributed by atoms with van der Waals surface area (Å²) in [5.74, 6) is -2.26. The van der Waals surface area contributed by atoms with Gasteiger partial charge < -0.3 is 47.7 Å². The number of ether oxygens (including phenoxy) is 9. The molecule has 0 saturated heterocycles. The number of carbonyl (C=O) groups excluding carboxylic acids is 9. The van der Waals surface area contributed by atoms with E-state index < -0.39 is 5.97 Å². The first-order valence-corrected chi connectivity index (χ1v) is 34.4. The fraction of sp³-hybridized carbons (Fsp3) is 0.853. The summed E-state index contributed by atoms with van der Waals surface area (Å²) in [6, 6.07) is 0. The second-order valence-electron chi connectivity index (χ2n) is 23.0. The van der Waals surface area contributed by atoms with Crippen molar-refractivity contribution in [2.45, 2.75) is 309 Å². The Bertz CT molecular complexity index is 1800. The predicted octanol–water partition coefficient (Wildman–Crippen LogP) is 14.6. The van der Waals surface area contributed by atoms with Crippen LogP contribution < -0.4 is 0 Å². The second-order valence-corrected chi connectivity index (χ2v) is 23.0. The van der Waals surface area contributed by atoms with Crippen LogP contribution in [-0.4, -0.2) is 124 Å². The SMILES string of the molecule is CCCCC(CC)CCCCCCC(=O)OCCCCCC(=O)OCCCCCC(=O)OCCCCCC(=O)OCCCCCC(=O)OCCCCCC(=O)OCCCCCC(=O)OCCCCCC(=O)OCCCCCC(=O)OCCCCCC(=O)O. The number of carboxylic acids is 1. The molecule has 0 aromatic carbocycles. The molecule has 0 aromatic heterocycles. The third-order valence-electron chi connectivity index (χ3n) is 14.9. The summed E-state index contributed by atoms with van der Waals surface area (Å²) in [4.78, 5) is 119. The van der Waals surface area contributed by atoms with E-state index in [-0.39, 0.29) is 92.6 Å². The van der Waals surface area contributed by atoms with Crippen molar-refractivity contribution < 1.29 is 95.7 Å². The molecule has 0 radical (unpaired) electrons. The van der Waals surface area contributed by atoms with Crippen molar-refractivity contribution in [1.82, 2.24) is 0 Å². The number of carboxylic acid groups (broad SMARTS) is 1. The van der Waals surface area contributed by atoms with Crippen LogP contribution in [0, 0.1) is 5.92 Å². The standard InChI is InChI=1S/C68H118O20/c1-3-5-37-58(4-2)38-17-6-7-19-40-60(71)81-50-29-9-21-42-62(73)83-52-31-11-23-44-64(75)85-54-33-13-25-46-66(77)87-56-35-15-27-48-68(79)88-57-36-16-26-47-67(78)86-55-34-14-24-45-65(76)84-53-32-12-22-43-63(74)82-51-30-10-20-41-61(72)80-49-28-8-18-39-59(69)70/h58H,3-57H2,1-2H3,(H,69,70). The van der Waals surface area contributed by atoms with E-state index in [1.165, 1.54) is 44.9 Å². The maximum atomic E-state index is 12.1. The maximum absolute atomic E-state index is 12.1. The lowest BCUT2D eigenvalue weighted by Gasteiger charge is -2.13. The summed E-state index contributed by atoms with van der Waals surface area (Å²) < 4.78 is 47.5. The van der Waals surface area contributed by atoms with Gasteiger partial charge in [-0.3, -0.25) is 47.9 Å². The molecule has 0 aliphatic heterocycles. The van der Waals surface area contributed by atoms with Crippen LogP contribution in [-0.2, 0) is 90.6 Å². The molecule has 0 bridgehead atoms. The highest BCUT2D eigenvalue weighted by Gasteiger charge is 2.12. The molecule has 1 atom stereocenters. The zero-order valence-electron chi connectivity index (χ0n) is 54.7. The number of carbonyl (C=O) groups is 10. The minimum atomic E-state index is -0.826. The molecular weight excluding hydrogens is 1140 g/mol. The highest BCUT2D eigenvalue weighted by Crippen LogP contribution is 2.21. The second kappa shape index (κ2) is 63.3. The number of rotatable bonds is 65. The molecule has 510 valence electrons. The van der Waals surface area contributed by atoms with Crippen molar-refractivity contribution in [3.05, 3.63) is 0 Å². The van der Waals surface area contributed by atoms with Crippen LogP contribution in [0.3, 0.4) is 0 Å². The van der Waals surface area contributed by atoms with Crippen LogP contribution in [0.4, 0.5) is 0 Å². The van der Waals surface area contributed by atoms with Crippen molar-refractivity contribution in [3.63, 3.8) is 0 Å². The third-order valence-corrected chi connectivity index (χ3v) is 14.9. The van der Waals surface area contributed by atoms with E-state index in [0.717, 1.165) is 76.5 Å². The molecule has 20 nitrogen and oxygen atoms in total. The van der Waals surface area contributed by atoms with E-state index >= 15 is 0 Å². The Morgan fingerprint density at radius 3 is 0.580 bits per heavy atom. The van der Waals surface area contributed by atoms with Gasteiger partial charge in [-0.1, -0.05) is 65.2 Å². The predicted molar refractivity (Wildman–Crippen MR) is 333 cm³/mol. The van der Waals surface area contributed by atoms with E-state index in [2.05, 4.69) is 13.8 Å². The molecule has 20 heteroatoms. The number of esters is 9. The first-order chi connectivity index (χ1) is 42.7. The molecule has 0 heterocycles. The van der Waals surface area contributed by atoms with Crippen LogP contribution in [0.5, 0.6) is 0 Å². The topological polar surface area (TPSA) is 274 Å². The zero-order valence-corrected chi connectivity index (χ0v) is 54.7. The summed E-state index contributed by atoms with van der Waals surface area (Å²) in [7, 11) is 0. The Labute approximate surface area is 528 Å². The summed E-state index contributed by atoms with van der Waals surface area (Å²) in [6.07, 6.45) is 32.1. The van der Waals surface area contributed by atoms with Gasteiger partial charge in [-0.25, -0.2) is 0 Å². The third kappa shape index (κ3) is 62.3. The Kier molecular flexibility index (Phi) is 59.5. The summed E-state index contributed by atoms with van der Waals surface area (Å²) >= 11 is 0. The minimum Gasteiger partial charge on any atom is -0.481 e. The van der Waals surface area contributed by atoms with Crippen molar-refractivity contribution in [2.75, 3.05) is 59.5 Å². The first kappa shape index (κ1) is 82.7. The van der Waals surface area contributed by atoms with E-state index in [1.54, 1.807) is 0 Å². The molecular formula is C68H118O20. The van der Waals surface area contributed by atoms with Crippen LogP contribution in [0.1, 0.15) is 309 Å². The zero-order chi connectivity index (χ0) is 64.6. The Morgan fingerprint density at radius 2 is 0.398 bits per heavy atom. The fourth-order valence-corrected chi connectivity index (χ4v) is 9.37. The molecule has 0 aliphatic carbocycles. The molecule has 0 rings (SSSR count). The van der Waals surface area contributed by atoms with Gasteiger partial charge in [0.15, 0.2) is 0 Å². The van der Waals surface area contributed by atoms with Gasteiger partial charge in [0.2, 0.25) is 0 Å². The van der Waals surface area contributed by atoms with Crippen molar-refractivity contribution >= 4 is 59.7 Å². The Balaban J connectivity index is 3.52. The highest BCUT2D eigenvalue weighted by atomic mass is 16.6. The molecule has 0 amide bonds. The largest absolute Gasteiger partial charge is 0.481 e. The number of hydrogen-bond acceptors (Lipinski definition) is 19. The van der Waals surface area contributed by atoms with Crippen LogP contribution in [0.25, 0.3) is 0 Å². The van der Waals surface area contributed by atoms with Gasteiger partial charge in [0.25, 0.3) is 0 Å². The van der Waals surface area contributed by atoms with Gasteiger partial charge in [0.05, 0.1) is 59.5 Å². The van der Waals surface area contributed by atoms with Crippen LogP contribution in [0.15, 0.2) is 0 Å². The average Bonchev–Trinajstić information content (AvgIpc) is 3.50. The smallest absolute Gasteiger partial charge is 0.305 e. The highest BCUT2D eigenvalue weighted by molar-refractivity contribution is 5.72. The average molecular weight is 1260 g/mol. The van der Waals surface area contributed by atoms with E-state index in [4.69, 9.17) is 47.7 Å². The number of unbranched alkanes of at least 4 members (excludes halogenated alkanes) is 22. The molecule has 88 heavy (non-hydrogen) atoms. The number of aliphatic carboxylic acids is 1. The van der Waals surface area contributed by atoms with Gasteiger partial charge in [-0.15, -0.1) is 0 Å². The maximum Gasteiger partial charge on any atom is 0.305 e. The Hall–Kier alpha value is -5.30. The minimum absolute atomic E-state index is 0.121. The van der Waals surface area contributed by atoms with Crippen molar-refractivity contribution in [2.24, 2.45) is 5.92 Å². The molecule has 1 N–H and O–H groups in total. The lowest BCUT2D eigenvalue weighted by Crippen LogP contribution is -2.09. The van der Waals surface area contributed by atoms with Crippen LogP contribution in [0.2, 0.25) is 0 Å². The Morgan fingerprint density at radius 1 is 0.227 bits per heavy atom. The van der Waals surface area contributed by atoms with Gasteiger partial charge in [-0.05, 0) is 186 Å². The summed E-state index contributed by atoms with van der Waals surface area (Å²) in [6.45, 7) is 7.29. The quantitative estimate of drug-likeness (QED) is 0.0336. The first-order valence-electron chi connectivity index (χ1n) is 34.4. The molecule has 0 saturated carbocycles. The van der Waals surface area contributed by atoms with E-state index in [9.17, 15) is 47.9 Å². The van der Waals surface area contributed by atoms with E-state index in [1.807, 2.05) is 0 Å². The molecule has 0 aromatic rings.